The third-order valence-electron chi connectivity index (χ3n) is 5.68. The van der Waals surface area contributed by atoms with Crippen molar-refractivity contribution < 1.29 is 0 Å². The first-order chi connectivity index (χ1) is 9.57. The van der Waals surface area contributed by atoms with E-state index in [4.69, 9.17) is 0 Å². The van der Waals surface area contributed by atoms with Gasteiger partial charge in [-0.2, -0.15) is 0 Å². The number of rotatable bonds is 7. The van der Waals surface area contributed by atoms with Crippen molar-refractivity contribution in [1.29, 1.82) is 0 Å². The Morgan fingerprint density at radius 2 is 1.52 bits per heavy atom. The van der Waals surface area contributed by atoms with Crippen molar-refractivity contribution in [3.63, 3.8) is 0 Å². The summed E-state index contributed by atoms with van der Waals surface area (Å²) in [6.45, 7) is 19.3. The van der Waals surface area contributed by atoms with Gasteiger partial charge in [-0.25, -0.2) is 0 Å². The minimum atomic E-state index is -1.37. The second kappa shape index (κ2) is 7.18. The zero-order chi connectivity index (χ0) is 16.3. The Balaban J connectivity index is 2.70. The van der Waals surface area contributed by atoms with Crippen LogP contribution in [0.2, 0.25) is 29.8 Å². The Hall–Kier alpha value is -0.498. The van der Waals surface area contributed by atoms with Crippen LogP contribution >= 0.6 is 0 Å². The van der Waals surface area contributed by atoms with Crippen LogP contribution in [0.4, 0.5) is 0 Å². The summed E-state index contributed by atoms with van der Waals surface area (Å²) >= 11 is 0. The maximum Gasteiger partial charge on any atom is 0.121 e. The first-order valence-electron chi connectivity index (χ1n) is 8.49. The van der Waals surface area contributed by atoms with Crippen LogP contribution in [0, 0.1) is 5.92 Å². The summed E-state index contributed by atoms with van der Waals surface area (Å²) in [5, 5.41) is 1.92. The minimum Gasteiger partial charge on any atom is -0.0710 e. The van der Waals surface area contributed by atoms with Crippen LogP contribution in [-0.2, 0) is 0 Å². The van der Waals surface area contributed by atoms with Gasteiger partial charge in [-0.3, -0.25) is 0 Å². The van der Waals surface area contributed by atoms with E-state index in [0.29, 0.717) is 17.0 Å². The van der Waals surface area contributed by atoms with Crippen LogP contribution < -0.4 is 5.19 Å². The van der Waals surface area contributed by atoms with Crippen LogP contribution in [0.3, 0.4) is 0 Å². The van der Waals surface area contributed by atoms with Gasteiger partial charge in [0.15, 0.2) is 0 Å². The van der Waals surface area contributed by atoms with Gasteiger partial charge in [0.05, 0.1) is 8.07 Å². The standard InChI is InChI=1S/C19H34BSi/c1-15(2)19(5,6)20-16(3)14-17(4)21(7,8)18-12-10-9-11-13-18/h9-13,15-17H,14H2,1-8H3/t16-,17+/m1/s1. The zero-order valence-electron chi connectivity index (χ0n) is 15.4. The second-order valence-electron chi connectivity index (χ2n) is 8.34. The van der Waals surface area contributed by atoms with Gasteiger partial charge in [0.25, 0.3) is 0 Å². The Labute approximate surface area is 135 Å². The third kappa shape index (κ3) is 5.02. The molecule has 1 radical (unpaired) electrons. The molecule has 0 saturated heterocycles. The molecule has 1 aromatic carbocycles. The molecule has 0 bridgehead atoms. The van der Waals surface area contributed by atoms with Crippen LogP contribution in [0.5, 0.6) is 0 Å². The van der Waals surface area contributed by atoms with Gasteiger partial charge in [-0.1, -0.05) is 108 Å². The van der Waals surface area contributed by atoms with E-state index in [9.17, 15) is 0 Å². The number of hydrogen-bond donors (Lipinski definition) is 0. The molecule has 0 heterocycles. The Bertz CT molecular complexity index is 422. The molecule has 0 aliphatic heterocycles. The molecule has 1 rings (SSSR count). The lowest BCUT2D eigenvalue weighted by molar-refractivity contribution is 0.466. The van der Waals surface area contributed by atoms with Crippen LogP contribution in [-0.4, -0.2) is 15.4 Å². The second-order valence-corrected chi connectivity index (χ2v) is 13.4. The molecule has 1 aromatic rings. The average molecular weight is 301 g/mol. The molecule has 117 valence electrons. The predicted molar refractivity (Wildman–Crippen MR) is 102 cm³/mol. The lowest BCUT2D eigenvalue weighted by Crippen LogP contribution is -2.45. The van der Waals surface area contributed by atoms with E-state index in [1.807, 2.05) is 0 Å². The molecular weight excluding hydrogens is 267 g/mol. The van der Waals surface area contributed by atoms with Crippen molar-refractivity contribution in [3.05, 3.63) is 30.3 Å². The highest BCUT2D eigenvalue weighted by atomic mass is 28.3. The number of benzene rings is 1. The van der Waals surface area contributed by atoms with Crippen molar-refractivity contribution in [3.8, 4) is 0 Å². The summed E-state index contributed by atoms with van der Waals surface area (Å²) < 4.78 is 0. The quantitative estimate of drug-likeness (QED) is 0.563. The molecule has 0 amide bonds. The summed E-state index contributed by atoms with van der Waals surface area (Å²) in [5.74, 6) is 1.39. The van der Waals surface area contributed by atoms with Gasteiger partial charge in [0.1, 0.15) is 7.28 Å². The van der Waals surface area contributed by atoms with E-state index >= 15 is 0 Å². The van der Waals surface area contributed by atoms with E-state index in [0.717, 1.165) is 5.54 Å². The molecular formula is C19H34BSi. The first-order valence-corrected chi connectivity index (χ1v) is 11.6. The van der Waals surface area contributed by atoms with Gasteiger partial charge in [-0.05, 0) is 11.5 Å². The SMILES string of the molecule is CC(C)C(C)(C)[B][C@H](C)C[C@H](C)[Si](C)(C)c1ccccc1. The summed E-state index contributed by atoms with van der Waals surface area (Å²) in [4.78, 5) is 0. The molecule has 0 spiro atoms. The summed E-state index contributed by atoms with van der Waals surface area (Å²) in [5.41, 5.74) is 0.800. The molecule has 0 nitrogen and oxygen atoms in total. The van der Waals surface area contributed by atoms with Crippen LogP contribution in [0.1, 0.15) is 48.0 Å². The van der Waals surface area contributed by atoms with Gasteiger partial charge >= 0.3 is 0 Å². The lowest BCUT2D eigenvalue weighted by Gasteiger charge is -2.35. The highest BCUT2D eigenvalue weighted by molar-refractivity contribution is 6.90. The van der Waals surface area contributed by atoms with E-state index in [1.165, 1.54) is 6.42 Å². The van der Waals surface area contributed by atoms with Crippen molar-refractivity contribution in [1.82, 2.24) is 0 Å². The van der Waals surface area contributed by atoms with Gasteiger partial charge in [0, 0.05) is 0 Å². The molecule has 0 unspecified atom stereocenters. The summed E-state index contributed by atoms with van der Waals surface area (Å²) in [7, 11) is 1.22. The molecule has 21 heavy (non-hydrogen) atoms. The van der Waals surface area contributed by atoms with Crippen molar-refractivity contribution in [2.45, 2.75) is 77.7 Å². The largest absolute Gasteiger partial charge is 0.121 e. The third-order valence-corrected chi connectivity index (χ3v) is 10.2. The van der Waals surface area contributed by atoms with Gasteiger partial charge < -0.3 is 0 Å². The maximum atomic E-state index is 2.59. The molecule has 0 aromatic heterocycles. The van der Waals surface area contributed by atoms with E-state index in [1.54, 1.807) is 5.19 Å². The maximum absolute atomic E-state index is 2.59. The van der Waals surface area contributed by atoms with Gasteiger partial charge in [-0.15, -0.1) is 0 Å². The molecule has 0 N–H and O–H groups in total. The zero-order valence-corrected chi connectivity index (χ0v) is 16.4. The smallest absolute Gasteiger partial charge is 0.0710 e. The Kier molecular flexibility index (Phi) is 6.34. The average Bonchev–Trinajstić information content (AvgIpc) is 2.38. The fourth-order valence-electron chi connectivity index (χ4n) is 3.00. The van der Waals surface area contributed by atoms with Crippen LogP contribution in [0.25, 0.3) is 0 Å². The predicted octanol–water partition coefficient (Wildman–Crippen LogP) is 5.75. The lowest BCUT2D eigenvalue weighted by atomic mass is 9.43. The molecule has 0 saturated carbocycles. The monoisotopic (exact) mass is 301 g/mol. The number of hydrogen-bond acceptors (Lipinski definition) is 0. The fraction of sp³-hybridized carbons (Fsp3) is 0.684. The molecule has 0 aliphatic rings. The van der Waals surface area contributed by atoms with Gasteiger partial charge in [0.2, 0.25) is 0 Å². The Morgan fingerprint density at radius 1 is 1.00 bits per heavy atom. The Morgan fingerprint density at radius 3 is 2.00 bits per heavy atom. The van der Waals surface area contributed by atoms with Crippen molar-refractivity contribution >= 4 is 20.5 Å². The fourth-order valence-corrected chi connectivity index (χ4v) is 5.58. The van der Waals surface area contributed by atoms with E-state index in [-0.39, 0.29) is 0 Å². The highest BCUT2D eigenvalue weighted by Gasteiger charge is 2.33. The summed E-state index contributed by atoms with van der Waals surface area (Å²) in [6.07, 6.45) is 1.31. The van der Waals surface area contributed by atoms with Crippen LogP contribution in [0.15, 0.2) is 30.3 Å². The molecule has 0 fully saturated rings. The van der Waals surface area contributed by atoms with Crippen molar-refractivity contribution in [2.24, 2.45) is 5.92 Å². The molecule has 0 aliphatic carbocycles. The minimum absolute atomic E-state index is 0.331. The normalized spacial score (nSPS) is 15.9. The highest BCUT2D eigenvalue weighted by Crippen LogP contribution is 2.39. The van der Waals surface area contributed by atoms with E-state index in [2.05, 4.69) is 92.2 Å². The first kappa shape index (κ1) is 18.6. The topological polar surface area (TPSA) is 0 Å². The van der Waals surface area contributed by atoms with Crippen molar-refractivity contribution in [2.75, 3.05) is 0 Å². The molecule has 2 heteroatoms. The summed E-state index contributed by atoms with van der Waals surface area (Å²) in [6, 6.07) is 11.2. The van der Waals surface area contributed by atoms with E-state index < -0.39 is 8.07 Å². The molecule has 2 atom stereocenters.